The maximum absolute atomic E-state index is 11.2. The van der Waals surface area contributed by atoms with Crippen LogP contribution in [0.5, 0.6) is 0 Å². The number of carboxylic acid groups (broad SMARTS) is 1. The number of rotatable bonds is 3. The first-order valence-electron chi connectivity index (χ1n) is 5.99. The molecule has 3 rings (SSSR count). The van der Waals surface area contributed by atoms with Crippen molar-refractivity contribution in [1.82, 2.24) is 20.3 Å². The van der Waals surface area contributed by atoms with E-state index in [-0.39, 0.29) is 17.5 Å². The zero-order valence-corrected chi connectivity index (χ0v) is 10.0. The van der Waals surface area contributed by atoms with Crippen molar-refractivity contribution in [1.29, 1.82) is 0 Å². The van der Waals surface area contributed by atoms with E-state index in [1.165, 1.54) is 6.07 Å². The Kier molecular flexibility index (Phi) is 2.66. The molecule has 1 atom stereocenters. The highest BCUT2D eigenvalue weighted by molar-refractivity contribution is 5.92. The smallest absolute Gasteiger partial charge is 0.335 e. The molecule has 1 unspecified atom stereocenters. The van der Waals surface area contributed by atoms with Crippen LogP contribution in [-0.2, 0) is 11.3 Å². The van der Waals surface area contributed by atoms with E-state index < -0.39 is 5.97 Å². The van der Waals surface area contributed by atoms with Gasteiger partial charge >= 0.3 is 5.97 Å². The lowest BCUT2D eigenvalue weighted by Crippen LogP contribution is -2.29. The number of benzene rings is 1. The molecule has 1 fully saturated rings. The highest BCUT2D eigenvalue weighted by Crippen LogP contribution is 2.16. The Morgan fingerprint density at radius 2 is 2.37 bits per heavy atom. The topological polar surface area (TPSA) is 97.1 Å². The Hall–Kier alpha value is -2.44. The SMILES string of the molecule is O=C1CCC(Cn2nnc3ccc(C(=O)O)cc32)N1. The van der Waals surface area contributed by atoms with Gasteiger partial charge in [0.25, 0.3) is 0 Å². The van der Waals surface area contributed by atoms with Gasteiger partial charge in [0.05, 0.1) is 17.6 Å². The summed E-state index contributed by atoms with van der Waals surface area (Å²) in [6, 6.07) is 4.72. The van der Waals surface area contributed by atoms with Crippen LogP contribution in [0.2, 0.25) is 0 Å². The Morgan fingerprint density at radius 3 is 3.05 bits per heavy atom. The van der Waals surface area contributed by atoms with Crippen molar-refractivity contribution in [2.45, 2.75) is 25.4 Å². The average Bonchev–Trinajstić information content (AvgIpc) is 2.96. The molecular formula is C12H12N4O3. The van der Waals surface area contributed by atoms with E-state index in [1.807, 2.05) is 0 Å². The lowest BCUT2D eigenvalue weighted by atomic mass is 10.2. The molecule has 2 aromatic rings. The summed E-state index contributed by atoms with van der Waals surface area (Å²) in [6.45, 7) is 0.505. The number of carboxylic acids is 1. The van der Waals surface area contributed by atoms with Crippen LogP contribution in [0, 0.1) is 0 Å². The van der Waals surface area contributed by atoms with Gasteiger partial charge in [0, 0.05) is 12.5 Å². The molecule has 0 spiro atoms. The molecule has 1 amide bonds. The van der Waals surface area contributed by atoms with Gasteiger partial charge in [0.15, 0.2) is 0 Å². The summed E-state index contributed by atoms with van der Waals surface area (Å²) in [4.78, 5) is 22.1. The monoisotopic (exact) mass is 260 g/mol. The molecule has 2 heterocycles. The van der Waals surface area contributed by atoms with Crippen LogP contribution in [0.25, 0.3) is 11.0 Å². The standard InChI is InChI=1S/C12H12N4O3/c17-11-4-2-8(13-11)6-16-10-5-7(12(18)19)1-3-9(10)14-15-16/h1,3,5,8H,2,4,6H2,(H,13,17)(H,18,19). The summed E-state index contributed by atoms with van der Waals surface area (Å²) in [6.07, 6.45) is 1.29. The molecule has 7 nitrogen and oxygen atoms in total. The third-order valence-electron chi connectivity index (χ3n) is 3.24. The van der Waals surface area contributed by atoms with Crippen molar-refractivity contribution in [3.05, 3.63) is 23.8 Å². The van der Waals surface area contributed by atoms with Crippen LogP contribution in [0.3, 0.4) is 0 Å². The molecule has 1 aliphatic rings. The molecule has 0 aliphatic carbocycles. The first kappa shape index (κ1) is 11.6. The second-order valence-corrected chi connectivity index (χ2v) is 4.58. The van der Waals surface area contributed by atoms with E-state index in [0.717, 1.165) is 6.42 Å². The van der Waals surface area contributed by atoms with Gasteiger partial charge in [-0.3, -0.25) is 4.79 Å². The highest BCUT2D eigenvalue weighted by Gasteiger charge is 2.22. The summed E-state index contributed by atoms with van der Waals surface area (Å²) in [5.41, 5.74) is 1.52. The largest absolute Gasteiger partial charge is 0.478 e. The lowest BCUT2D eigenvalue weighted by molar-refractivity contribution is -0.119. The third-order valence-corrected chi connectivity index (χ3v) is 3.24. The van der Waals surface area contributed by atoms with Crippen LogP contribution in [0.15, 0.2) is 18.2 Å². The zero-order chi connectivity index (χ0) is 13.4. The minimum absolute atomic E-state index is 0.0332. The second kappa shape index (κ2) is 4.34. The Morgan fingerprint density at radius 1 is 1.53 bits per heavy atom. The van der Waals surface area contributed by atoms with Crippen LogP contribution >= 0.6 is 0 Å². The summed E-state index contributed by atoms with van der Waals surface area (Å²) in [5.74, 6) is -0.940. The molecule has 98 valence electrons. The molecular weight excluding hydrogens is 248 g/mol. The van der Waals surface area contributed by atoms with Gasteiger partial charge in [-0.2, -0.15) is 0 Å². The predicted molar refractivity (Wildman–Crippen MR) is 65.7 cm³/mol. The normalized spacial score (nSPS) is 18.7. The van der Waals surface area contributed by atoms with Crippen molar-refractivity contribution >= 4 is 22.9 Å². The zero-order valence-electron chi connectivity index (χ0n) is 10.0. The third kappa shape index (κ3) is 2.14. The second-order valence-electron chi connectivity index (χ2n) is 4.58. The number of carbonyl (C=O) groups excluding carboxylic acids is 1. The molecule has 0 bridgehead atoms. The number of nitrogens with one attached hydrogen (secondary N) is 1. The fraction of sp³-hybridized carbons (Fsp3) is 0.333. The number of aromatic nitrogens is 3. The minimum atomic E-state index is -0.983. The van der Waals surface area contributed by atoms with E-state index in [1.54, 1.807) is 16.8 Å². The van der Waals surface area contributed by atoms with Crippen molar-refractivity contribution in [3.63, 3.8) is 0 Å². The molecule has 19 heavy (non-hydrogen) atoms. The van der Waals surface area contributed by atoms with Gasteiger partial charge in [-0.1, -0.05) is 5.21 Å². The fourth-order valence-electron chi connectivity index (χ4n) is 2.26. The van der Waals surface area contributed by atoms with Gasteiger partial charge in [-0.25, -0.2) is 9.48 Å². The maximum atomic E-state index is 11.2. The molecule has 0 radical (unpaired) electrons. The van der Waals surface area contributed by atoms with E-state index in [9.17, 15) is 9.59 Å². The molecule has 1 aromatic carbocycles. The van der Waals surface area contributed by atoms with E-state index in [2.05, 4.69) is 15.6 Å². The van der Waals surface area contributed by atoms with Crippen LogP contribution in [-0.4, -0.2) is 38.0 Å². The number of nitrogens with zero attached hydrogens (tertiary/aromatic N) is 3. The maximum Gasteiger partial charge on any atom is 0.335 e. The number of fused-ring (bicyclic) bond motifs is 1. The number of aromatic carboxylic acids is 1. The Bertz CT molecular complexity index is 664. The highest BCUT2D eigenvalue weighted by atomic mass is 16.4. The first-order valence-corrected chi connectivity index (χ1v) is 5.99. The predicted octanol–water partition coefficient (Wildman–Crippen LogP) is 0.408. The van der Waals surface area contributed by atoms with Crippen LogP contribution in [0.4, 0.5) is 0 Å². The van der Waals surface area contributed by atoms with Crippen LogP contribution in [0.1, 0.15) is 23.2 Å². The first-order chi connectivity index (χ1) is 9.13. The van der Waals surface area contributed by atoms with Gasteiger partial charge in [-0.05, 0) is 24.6 Å². The Balaban J connectivity index is 1.92. The van der Waals surface area contributed by atoms with E-state index in [0.29, 0.717) is 24.0 Å². The molecule has 1 aromatic heterocycles. The van der Waals surface area contributed by atoms with Gasteiger partial charge < -0.3 is 10.4 Å². The van der Waals surface area contributed by atoms with Gasteiger partial charge in [0.2, 0.25) is 5.91 Å². The molecule has 2 N–H and O–H groups in total. The molecule has 0 saturated carbocycles. The lowest BCUT2D eigenvalue weighted by Gasteiger charge is -2.09. The number of hydrogen-bond donors (Lipinski definition) is 2. The van der Waals surface area contributed by atoms with Gasteiger partial charge in [0.1, 0.15) is 5.52 Å². The van der Waals surface area contributed by atoms with Crippen molar-refractivity contribution in [2.75, 3.05) is 0 Å². The van der Waals surface area contributed by atoms with Crippen molar-refractivity contribution in [3.8, 4) is 0 Å². The number of carbonyl (C=O) groups is 2. The summed E-state index contributed by atoms with van der Waals surface area (Å²) in [7, 11) is 0. The fourth-order valence-corrected chi connectivity index (χ4v) is 2.26. The summed E-state index contributed by atoms with van der Waals surface area (Å²) >= 11 is 0. The Labute approximate surface area is 108 Å². The van der Waals surface area contributed by atoms with E-state index in [4.69, 9.17) is 5.11 Å². The average molecular weight is 260 g/mol. The summed E-state index contributed by atoms with van der Waals surface area (Å²) < 4.78 is 1.64. The van der Waals surface area contributed by atoms with Crippen molar-refractivity contribution in [2.24, 2.45) is 0 Å². The van der Waals surface area contributed by atoms with Gasteiger partial charge in [-0.15, -0.1) is 5.10 Å². The quantitative estimate of drug-likeness (QED) is 0.833. The summed E-state index contributed by atoms with van der Waals surface area (Å²) in [5, 5.41) is 19.8. The van der Waals surface area contributed by atoms with E-state index >= 15 is 0 Å². The molecule has 7 heteroatoms. The number of amides is 1. The molecule has 1 saturated heterocycles. The molecule has 1 aliphatic heterocycles. The van der Waals surface area contributed by atoms with Crippen molar-refractivity contribution < 1.29 is 14.7 Å². The minimum Gasteiger partial charge on any atom is -0.478 e. The number of hydrogen-bond acceptors (Lipinski definition) is 4. The van der Waals surface area contributed by atoms with Crippen LogP contribution < -0.4 is 5.32 Å².